The molecule has 25 heavy (non-hydrogen) atoms. The van der Waals surface area contributed by atoms with Crippen molar-refractivity contribution in [1.29, 1.82) is 0 Å². The molecule has 1 heterocycles. The van der Waals surface area contributed by atoms with Gasteiger partial charge in [-0.25, -0.2) is 0 Å². The maximum absolute atomic E-state index is 12.2. The number of benzene rings is 1. The molecule has 0 fully saturated rings. The van der Waals surface area contributed by atoms with Crippen LogP contribution in [0.25, 0.3) is 0 Å². The molecule has 0 aliphatic carbocycles. The maximum atomic E-state index is 12.2. The van der Waals surface area contributed by atoms with Crippen LogP contribution in [0, 0.1) is 5.92 Å². The van der Waals surface area contributed by atoms with E-state index in [4.69, 9.17) is 0 Å². The Morgan fingerprint density at radius 1 is 1.12 bits per heavy atom. The van der Waals surface area contributed by atoms with E-state index in [1.54, 1.807) is 30.5 Å². The Kier molecular flexibility index (Phi) is 5.96. The van der Waals surface area contributed by atoms with Crippen LogP contribution < -0.4 is 10.6 Å². The fraction of sp³-hybridized carbons (Fsp3) is 0.421. The highest BCUT2D eigenvalue weighted by Gasteiger charge is 2.16. The lowest BCUT2D eigenvalue weighted by Gasteiger charge is -2.20. The molecule has 2 rings (SSSR count). The Labute approximate surface area is 148 Å². The first-order chi connectivity index (χ1) is 11.7. The summed E-state index contributed by atoms with van der Waals surface area (Å²) in [6.07, 6.45) is 3.64. The van der Waals surface area contributed by atoms with Crippen molar-refractivity contribution in [2.75, 3.05) is 6.54 Å². The van der Waals surface area contributed by atoms with Crippen molar-refractivity contribution in [3.05, 3.63) is 53.9 Å². The highest BCUT2D eigenvalue weighted by Crippen LogP contribution is 2.08. The van der Waals surface area contributed by atoms with Crippen LogP contribution in [0.5, 0.6) is 0 Å². The van der Waals surface area contributed by atoms with Gasteiger partial charge in [0, 0.05) is 42.1 Å². The highest BCUT2D eigenvalue weighted by atomic mass is 16.2. The largest absolute Gasteiger partial charge is 0.352 e. The van der Waals surface area contributed by atoms with Crippen LogP contribution in [0.1, 0.15) is 48.4 Å². The van der Waals surface area contributed by atoms with Gasteiger partial charge < -0.3 is 10.6 Å². The fourth-order valence-electron chi connectivity index (χ4n) is 2.35. The van der Waals surface area contributed by atoms with Crippen molar-refractivity contribution in [3.63, 3.8) is 0 Å². The van der Waals surface area contributed by atoms with Gasteiger partial charge in [0.15, 0.2) is 0 Å². The number of hydrogen-bond donors (Lipinski definition) is 2. The zero-order chi connectivity index (χ0) is 18.4. The molecule has 2 N–H and O–H groups in total. The van der Waals surface area contributed by atoms with Crippen molar-refractivity contribution in [2.45, 2.75) is 39.8 Å². The van der Waals surface area contributed by atoms with Crippen molar-refractivity contribution in [2.24, 2.45) is 5.92 Å². The number of nitrogens with zero attached hydrogens (tertiary/aromatic N) is 2. The summed E-state index contributed by atoms with van der Waals surface area (Å²) in [6, 6.07) is 8.56. The van der Waals surface area contributed by atoms with E-state index in [2.05, 4.69) is 22.7 Å². The van der Waals surface area contributed by atoms with Gasteiger partial charge in [0.2, 0.25) is 0 Å². The molecule has 0 saturated heterocycles. The van der Waals surface area contributed by atoms with E-state index in [-0.39, 0.29) is 23.3 Å². The lowest BCUT2D eigenvalue weighted by Crippen LogP contribution is -2.40. The zero-order valence-electron chi connectivity index (χ0n) is 15.2. The third kappa shape index (κ3) is 6.06. The molecule has 1 aromatic heterocycles. The molecule has 2 aromatic rings. The summed E-state index contributed by atoms with van der Waals surface area (Å²) in [5.74, 6) is -0.0249. The second-order valence-corrected chi connectivity index (χ2v) is 7.32. The molecule has 2 amide bonds. The molecule has 0 aliphatic rings. The average Bonchev–Trinajstić information content (AvgIpc) is 3.04. The monoisotopic (exact) mass is 342 g/mol. The maximum Gasteiger partial charge on any atom is 0.251 e. The third-order valence-corrected chi connectivity index (χ3v) is 3.57. The minimum absolute atomic E-state index is 0.143. The molecule has 1 atom stereocenters. The van der Waals surface area contributed by atoms with Gasteiger partial charge >= 0.3 is 0 Å². The van der Waals surface area contributed by atoms with Crippen LogP contribution in [-0.4, -0.2) is 33.7 Å². The number of carbonyl (C=O) groups excluding carboxylic acids is 2. The van der Waals surface area contributed by atoms with Gasteiger partial charge in [-0.3, -0.25) is 14.3 Å². The third-order valence-electron chi connectivity index (χ3n) is 3.57. The van der Waals surface area contributed by atoms with Gasteiger partial charge in [0.25, 0.3) is 11.8 Å². The molecule has 0 aliphatic heterocycles. The van der Waals surface area contributed by atoms with Crippen LogP contribution >= 0.6 is 0 Å². The first kappa shape index (κ1) is 18.7. The summed E-state index contributed by atoms with van der Waals surface area (Å²) in [5.41, 5.74) is 0.787. The minimum atomic E-state index is -0.294. The van der Waals surface area contributed by atoms with Gasteiger partial charge in [-0.1, -0.05) is 6.92 Å². The van der Waals surface area contributed by atoms with E-state index >= 15 is 0 Å². The molecule has 0 saturated carbocycles. The van der Waals surface area contributed by atoms with Crippen LogP contribution in [0.3, 0.4) is 0 Å². The van der Waals surface area contributed by atoms with E-state index in [0.717, 1.165) is 6.54 Å². The van der Waals surface area contributed by atoms with Crippen molar-refractivity contribution >= 4 is 11.8 Å². The lowest BCUT2D eigenvalue weighted by atomic mass is 10.1. The molecule has 0 unspecified atom stereocenters. The molecule has 0 spiro atoms. The molecular weight excluding hydrogens is 316 g/mol. The van der Waals surface area contributed by atoms with Crippen molar-refractivity contribution < 1.29 is 9.59 Å². The van der Waals surface area contributed by atoms with Gasteiger partial charge in [-0.2, -0.15) is 5.10 Å². The number of rotatable bonds is 6. The van der Waals surface area contributed by atoms with E-state index in [0.29, 0.717) is 17.7 Å². The Bertz CT molecular complexity index is 700. The molecule has 6 nitrogen and oxygen atoms in total. The summed E-state index contributed by atoms with van der Waals surface area (Å²) in [5, 5.41) is 9.97. The topological polar surface area (TPSA) is 76.0 Å². The number of carbonyl (C=O) groups is 2. The number of hydrogen-bond acceptors (Lipinski definition) is 3. The summed E-state index contributed by atoms with van der Waals surface area (Å²) < 4.78 is 1.85. The second kappa shape index (κ2) is 7.96. The van der Waals surface area contributed by atoms with Gasteiger partial charge in [-0.15, -0.1) is 0 Å². The Balaban J connectivity index is 1.86. The van der Waals surface area contributed by atoms with Crippen LogP contribution in [0.4, 0.5) is 0 Å². The first-order valence-corrected chi connectivity index (χ1v) is 8.43. The molecule has 134 valence electrons. The van der Waals surface area contributed by atoms with Gasteiger partial charge in [-0.05, 0) is 57.0 Å². The minimum Gasteiger partial charge on any atom is -0.352 e. The number of aromatic nitrogens is 2. The molecule has 0 radical (unpaired) electrons. The summed E-state index contributed by atoms with van der Waals surface area (Å²) in [6.45, 7) is 9.15. The normalized spacial score (nSPS) is 12.5. The Hall–Kier alpha value is -2.63. The fourth-order valence-corrected chi connectivity index (χ4v) is 2.35. The second-order valence-electron chi connectivity index (χ2n) is 7.32. The smallest absolute Gasteiger partial charge is 0.251 e. The molecular formula is C19H26N4O2. The lowest BCUT2D eigenvalue weighted by molar-refractivity contribution is 0.0914. The highest BCUT2D eigenvalue weighted by molar-refractivity contribution is 5.98. The molecule has 1 aromatic carbocycles. The Morgan fingerprint density at radius 3 is 2.24 bits per heavy atom. The average molecular weight is 342 g/mol. The predicted molar refractivity (Wildman–Crippen MR) is 97.4 cm³/mol. The van der Waals surface area contributed by atoms with Gasteiger partial charge in [0.1, 0.15) is 0 Å². The summed E-state index contributed by atoms with van der Waals surface area (Å²) in [4.78, 5) is 24.3. The number of amides is 2. The predicted octanol–water partition coefficient (Wildman–Crippen LogP) is 2.48. The summed E-state index contributed by atoms with van der Waals surface area (Å²) >= 11 is 0. The van der Waals surface area contributed by atoms with E-state index < -0.39 is 0 Å². The standard InChI is InChI=1S/C19H26N4O2/c1-14(13-23-11-5-10-21-23)12-20-17(24)15-6-8-16(9-7-15)18(25)22-19(2,3)4/h5-11,14H,12-13H2,1-4H3,(H,20,24)(H,22,25)/t14-/m1/s1. The van der Waals surface area contributed by atoms with Crippen LogP contribution in [-0.2, 0) is 6.54 Å². The van der Waals surface area contributed by atoms with E-state index in [1.807, 2.05) is 37.7 Å². The van der Waals surface area contributed by atoms with Crippen molar-refractivity contribution in [3.8, 4) is 0 Å². The van der Waals surface area contributed by atoms with Crippen LogP contribution in [0.2, 0.25) is 0 Å². The van der Waals surface area contributed by atoms with E-state index in [9.17, 15) is 9.59 Å². The Morgan fingerprint density at radius 2 is 1.72 bits per heavy atom. The van der Waals surface area contributed by atoms with Gasteiger partial charge in [0.05, 0.1) is 0 Å². The summed E-state index contributed by atoms with van der Waals surface area (Å²) in [7, 11) is 0. The van der Waals surface area contributed by atoms with Crippen molar-refractivity contribution in [1.82, 2.24) is 20.4 Å². The SMILES string of the molecule is C[C@H](CNC(=O)c1ccc(C(=O)NC(C)(C)C)cc1)Cn1cccn1. The first-order valence-electron chi connectivity index (χ1n) is 8.43. The van der Waals surface area contributed by atoms with Crippen LogP contribution in [0.15, 0.2) is 42.7 Å². The zero-order valence-corrected chi connectivity index (χ0v) is 15.2. The van der Waals surface area contributed by atoms with E-state index in [1.165, 1.54) is 0 Å². The molecule has 0 bridgehead atoms. The number of nitrogens with one attached hydrogen (secondary N) is 2. The quantitative estimate of drug-likeness (QED) is 0.847. The molecule has 6 heteroatoms.